The van der Waals surface area contributed by atoms with Crippen molar-refractivity contribution in [1.29, 1.82) is 0 Å². The molecule has 156 valence electrons. The smallest absolute Gasteiger partial charge is 0.242 e. The van der Waals surface area contributed by atoms with Crippen LogP contribution in [0.2, 0.25) is 0 Å². The van der Waals surface area contributed by atoms with Crippen LogP contribution in [0, 0.1) is 5.92 Å². The van der Waals surface area contributed by atoms with Crippen molar-refractivity contribution in [3.05, 3.63) is 21.9 Å². The highest BCUT2D eigenvalue weighted by molar-refractivity contribution is 7.10. The molecule has 0 saturated carbocycles. The van der Waals surface area contributed by atoms with Crippen LogP contribution in [0.25, 0.3) is 0 Å². The number of nitrogens with zero attached hydrogens (tertiary/aromatic N) is 2. The molecule has 3 rings (SSSR count). The molecule has 1 amide bonds. The van der Waals surface area contributed by atoms with Crippen molar-refractivity contribution in [1.82, 2.24) is 15.5 Å². The third-order valence-corrected chi connectivity index (χ3v) is 6.27. The SMILES string of the molecule is CN=C(NCCCOCC1CCOCC1)NCC(=O)N1CCc2sccc2C1. The van der Waals surface area contributed by atoms with Crippen molar-refractivity contribution in [2.24, 2.45) is 10.9 Å². The lowest BCUT2D eigenvalue weighted by atomic mass is 10.0. The highest BCUT2D eigenvalue weighted by Gasteiger charge is 2.21. The first-order valence-corrected chi connectivity index (χ1v) is 11.1. The highest BCUT2D eigenvalue weighted by atomic mass is 32.1. The van der Waals surface area contributed by atoms with Crippen LogP contribution in [-0.2, 0) is 27.2 Å². The predicted octanol–water partition coefficient (Wildman–Crippen LogP) is 1.63. The first-order valence-electron chi connectivity index (χ1n) is 10.2. The number of hydrogen-bond donors (Lipinski definition) is 2. The zero-order chi connectivity index (χ0) is 19.6. The van der Waals surface area contributed by atoms with E-state index >= 15 is 0 Å². The number of carbonyl (C=O) groups excluding carboxylic acids is 1. The van der Waals surface area contributed by atoms with Gasteiger partial charge in [0.05, 0.1) is 6.54 Å². The second kappa shape index (κ2) is 11.4. The van der Waals surface area contributed by atoms with Gasteiger partial charge in [-0.25, -0.2) is 0 Å². The molecule has 2 aliphatic rings. The number of amides is 1. The average molecular weight is 409 g/mol. The van der Waals surface area contributed by atoms with E-state index in [0.29, 0.717) is 11.9 Å². The first-order chi connectivity index (χ1) is 13.8. The standard InChI is InChI=1S/C20H32N4O3S/c1-21-20(22-7-2-9-27-15-16-4-10-26-11-5-16)23-13-19(25)24-8-3-18-17(14-24)6-12-28-18/h6,12,16H,2-5,7-11,13-15H2,1H3,(H2,21,22,23). The van der Waals surface area contributed by atoms with Gasteiger partial charge in [0.2, 0.25) is 5.91 Å². The molecule has 3 heterocycles. The van der Waals surface area contributed by atoms with Gasteiger partial charge < -0.3 is 25.0 Å². The van der Waals surface area contributed by atoms with Crippen LogP contribution < -0.4 is 10.6 Å². The molecule has 0 aliphatic carbocycles. The molecule has 0 unspecified atom stereocenters. The van der Waals surface area contributed by atoms with E-state index in [9.17, 15) is 4.79 Å². The number of carbonyl (C=O) groups is 1. The number of thiophene rings is 1. The first kappa shape index (κ1) is 21.1. The van der Waals surface area contributed by atoms with E-state index in [0.717, 1.165) is 71.7 Å². The van der Waals surface area contributed by atoms with Crippen LogP contribution in [0.5, 0.6) is 0 Å². The Labute approximate surface area is 171 Å². The van der Waals surface area contributed by atoms with E-state index in [1.807, 2.05) is 4.90 Å². The van der Waals surface area contributed by atoms with E-state index in [4.69, 9.17) is 9.47 Å². The third kappa shape index (κ3) is 6.46. The number of fused-ring (bicyclic) bond motifs is 1. The van der Waals surface area contributed by atoms with E-state index in [-0.39, 0.29) is 12.5 Å². The molecule has 1 aromatic heterocycles. The summed E-state index contributed by atoms with van der Waals surface area (Å²) < 4.78 is 11.1. The van der Waals surface area contributed by atoms with Crippen LogP contribution in [0.1, 0.15) is 29.7 Å². The van der Waals surface area contributed by atoms with Gasteiger partial charge in [-0.05, 0) is 48.6 Å². The van der Waals surface area contributed by atoms with Gasteiger partial charge >= 0.3 is 0 Å². The Morgan fingerprint density at radius 2 is 2.25 bits per heavy atom. The van der Waals surface area contributed by atoms with Gasteiger partial charge in [0.15, 0.2) is 5.96 Å². The fourth-order valence-corrected chi connectivity index (χ4v) is 4.39. The minimum atomic E-state index is 0.111. The topological polar surface area (TPSA) is 75.2 Å². The minimum absolute atomic E-state index is 0.111. The van der Waals surface area contributed by atoms with E-state index in [1.165, 1.54) is 10.4 Å². The summed E-state index contributed by atoms with van der Waals surface area (Å²) in [7, 11) is 1.72. The number of nitrogens with one attached hydrogen (secondary N) is 2. The second-order valence-corrected chi connectivity index (χ2v) is 8.27. The molecule has 0 radical (unpaired) electrons. The molecular formula is C20H32N4O3S. The number of guanidine groups is 1. The molecule has 28 heavy (non-hydrogen) atoms. The summed E-state index contributed by atoms with van der Waals surface area (Å²) in [5, 5.41) is 8.48. The van der Waals surface area contributed by atoms with Crippen LogP contribution in [0.15, 0.2) is 16.4 Å². The fraction of sp³-hybridized carbons (Fsp3) is 0.700. The quantitative estimate of drug-likeness (QED) is 0.389. The number of rotatable bonds is 8. The molecule has 1 fully saturated rings. The monoisotopic (exact) mass is 408 g/mol. The summed E-state index contributed by atoms with van der Waals surface area (Å²) in [6, 6.07) is 2.12. The van der Waals surface area contributed by atoms with E-state index < -0.39 is 0 Å². The fourth-order valence-electron chi connectivity index (χ4n) is 3.50. The Balaban J connectivity index is 1.26. The van der Waals surface area contributed by atoms with Crippen LogP contribution >= 0.6 is 11.3 Å². The summed E-state index contributed by atoms with van der Waals surface area (Å²) in [5.41, 5.74) is 1.29. The summed E-state index contributed by atoms with van der Waals surface area (Å²) in [6.45, 7) is 5.83. The van der Waals surface area contributed by atoms with Crippen molar-refractivity contribution in [2.45, 2.75) is 32.2 Å². The van der Waals surface area contributed by atoms with Gasteiger partial charge in [0, 0.05) is 58.0 Å². The zero-order valence-corrected chi connectivity index (χ0v) is 17.6. The average Bonchev–Trinajstić information content (AvgIpc) is 3.21. The number of hydrogen-bond acceptors (Lipinski definition) is 5. The van der Waals surface area contributed by atoms with Crippen molar-refractivity contribution in [3.8, 4) is 0 Å². The van der Waals surface area contributed by atoms with Crippen LogP contribution in [0.3, 0.4) is 0 Å². The molecule has 0 atom stereocenters. The highest BCUT2D eigenvalue weighted by Crippen LogP contribution is 2.23. The van der Waals surface area contributed by atoms with Crippen molar-refractivity contribution in [2.75, 3.05) is 53.1 Å². The van der Waals surface area contributed by atoms with Gasteiger partial charge in [-0.15, -0.1) is 11.3 Å². The molecule has 1 aromatic rings. The van der Waals surface area contributed by atoms with Gasteiger partial charge in [0.1, 0.15) is 0 Å². The Hall–Kier alpha value is -1.64. The third-order valence-electron chi connectivity index (χ3n) is 5.24. The Bertz CT molecular complexity index is 643. The maximum absolute atomic E-state index is 12.5. The second-order valence-electron chi connectivity index (χ2n) is 7.27. The summed E-state index contributed by atoms with van der Waals surface area (Å²) in [5.74, 6) is 1.41. The van der Waals surface area contributed by atoms with Crippen LogP contribution in [0.4, 0.5) is 0 Å². The molecule has 0 aromatic carbocycles. The molecule has 1 saturated heterocycles. The molecule has 7 nitrogen and oxygen atoms in total. The largest absolute Gasteiger partial charge is 0.381 e. The Kier molecular flexibility index (Phi) is 8.57. The summed E-state index contributed by atoms with van der Waals surface area (Å²) >= 11 is 1.79. The Morgan fingerprint density at radius 1 is 1.39 bits per heavy atom. The number of aliphatic imine (C=N–C) groups is 1. The predicted molar refractivity (Wildman–Crippen MR) is 112 cm³/mol. The lowest BCUT2D eigenvalue weighted by Gasteiger charge is -2.27. The lowest BCUT2D eigenvalue weighted by Crippen LogP contribution is -2.46. The van der Waals surface area contributed by atoms with Gasteiger partial charge in [-0.2, -0.15) is 0 Å². The molecule has 0 spiro atoms. The maximum Gasteiger partial charge on any atom is 0.242 e. The normalized spacial score (nSPS) is 18.0. The van der Waals surface area contributed by atoms with Gasteiger partial charge in [-0.1, -0.05) is 0 Å². The molecule has 0 bridgehead atoms. The maximum atomic E-state index is 12.5. The lowest BCUT2D eigenvalue weighted by molar-refractivity contribution is -0.130. The summed E-state index contributed by atoms with van der Waals surface area (Å²) in [4.78, 5) is 20.0. The Morgan fingerprint density at radius 3 is 3.07 bits per heavy atom. The van der Waals surface area contributed by atoms with E-state index in [1.54, 1.807) is 18.4 Å². The van der Waals surface area contributed by atoms with Crippen molar-refractivity contribution in [3.63, 3.8) is 0 Å². The van der Waals surface area contributed by atoms with Crippen LogP contribution in [-0.4, -0.2) is 69.9 Å². The zero-order valence-electron chi connectivity index (χ0n) is 16.7. The van der Waals surface area contributed by atoms with Gasteiger partial charge in [-0.3, -0.25) is 9.79 Å². The van der Waals surface area contributed by atoms with Crippen molar-refractivity contribution < 1.29 is 14.3 Å². The molecular weight excluding hydrogens is 376 g/mol. The molecule has 2 aliphatic heterocycles. The number of ether oxygens (including phenoxy) is 2. The molecule has 8 heteroatoms. The van der Waals surface area contributed by atoms with Crippen molar-refractivity contribution >= 4 is 23.2 Å². The van der Waals surface area contributed by atoms with Gasteiger partial charge in [0.25, 0.3) is 0 Å². The summed E-state index contributed by atoms with van der Waals surface area (Å²) in [6.07, 6.45) is 4.08. The van der Waals surface area contributed by atoms with E-state index in [2.05, 4.69) is 27.1 Å². The molecule has 2 N–H and O–H groups in total. The minimum Gasteiger partial charge on any atom is -0.381 e.